The summed E-state index contributed by atoms with van der Waals surface area (Å²) in [7, 11) is 0. The van der Waals surface area contributed by atoms with Gasteiger partial charge in [-0.05, 0) is 50.4 Å². The van der Waals surface area contributed by atoms with Gasteiger partial charge < -0.3 is 5.11 Å². The Bertz CT molecular complexity index is 290. The lowest BCUT2D eigenvalue weighted by Crippen LogP contribution is -2.31. The normalized spacial score (nSPS) is 47.6. The van der Waals surface area contributed by atoms with Crippen molar-refractivity contribution in [3.05, 3.63) is 11.6 Å². The van der Waals surface area contributed by atoms with Gasteiger partial charge >= 0.3 is 0 Å². The summed E-state index contributed by atoms with van der Waals surface area (Å²) in [5.74, 6) is 2.75. The maximum Gasteiger partial charge on any atom is 0.0861 e. The predicted molar refractivity (Wildman–Crippen MR) is 68.2 cm³/mol. The molecule has 1 heteroatoms. The van der Waals surface area contributed by atoms with Crippen LogP contribution in [0.4, 0.5) is 0 Å². The van der Waals surface area contributed by atoms with Crippen molar-refractivity contribution in [3.63, 3.8) is 0 Å². The molecule has 2 aliphatic carbocycles. The van der Waals surface area contributed by atoms with Crippen LogP contribution in [0.2, 0.25) is 0 Å². The molecule has 0 amide bonds. The molecule has 0 aromatic carbocycles. The van der Waals surface area contributed by atoms with Gasteiger partial charge in [-0.1, -0.05) is 38.3 Å². The minimum atomic E-state index is -0.521. The van der Waals surface area contributed by atoms with Crippen LogP contribution in [0.25, 0.3) is 0 Å². The van der Waals surface area contributed by atoms with E-state index in [1.165, 1.54) is 24.8 Å². The summed E-state index contributed by atoms with van der Waals surface area (Å²) >= 11 is 0. The van der Waals surface area contributed by atoms with E-state index in [0.29, 0.717) is 5.92 Å². The Morgan fingerprint density at radius 1 is 1.19 bits per heavy atom. The first kappa shape index (κ1) is 12.2. The third-order valence-electron chi connectivity index (χ3n) is 5.01. The quantitative estimate of drug-likeness (QED) is 0.669. The zero-order valence-corrected chi connectivity index (χ0v) is 11.2. The molecule has 1 N–H and O–H groups in total. The summed E-state index contributed by atoms with van der Waals surface area (Å²) in [6, 6.07) is 0. The van der Waals surface area contributed by atoms with E-state index < -0.39 is 5.60 Å². The van der Waals surface area contributed by atoms with E-state index in [2.05, 4.69) is 33.8 Å². The molecule has 0 heterocycles. The van der Waals surface area contributed by atoms with Crippen LogP contribution >= 0.6 is 0 Å². The second-order valence-corrected chi connectivity index (χ2v) is 6.44. The van der Waals surface area contributed by atoms with Gasteiger partial charge in [0.05, 0.1) is 5.60 Å². The molecule has 1 nitrogen and oxygen atoms in total. The van der Waals surface area contributed by atoms with Crippen molar-refractivity contribution in [2.45, 2.75) is 59.0 Å². The molecule has 0 aromatic rings. The van der Waals surface area contributed by atoms with E-state index in [0.717, 1.165) is 24.2 Å². The first-order valence-corrected chi connectivity index (χ1v) is 6.82. The number of hydrogen-bond acceptors (Lipinski definition) is 1. The Hall–Kier alpha value is -0.300. The van der Waals surface area contributed by atoms with Crippen LogP contribution in [0.3, 0.4) is 0 Å². The summed E-state index contributed by atoms with van der Waals surface area (Å²) in [5.41, 5.74) is 0.730. The Morgan fingerprint density at radius 2 is 1.88 bits per heavy atom. The first-order valence-electron chi connectivity index (χ1n) is 6.82. The minimum Gasteiger partial charge on any atom is -0.385 e. The molecule has 2 aliphatic rings. The standard InChI is InChI=1S/C15H26O/c1-10(2)8-15(16)9-14-11(3)6-5-7-13(14)12(15)4/h8,11-14,16H,5-7,9H2,1-4H3. The molecule has 5 atom stereocenters. The lowest BCUT2D eigenvalue weighted by Gasteiger charge is -2.33. The second-order valence-electron chi connectivity index (χ2n) is 6.44. The van der Waals surface area contributed by atoms with Crippen molar-refractivity contribution in [1.82, 2.24) is 0 Å². The highest BCUT2D eigenvalue weighted by atomic mass is 16.3. The summed E-state index contributed by atoms with van der Waals surface area (Å²) in [6.45, 7) is 8.81. The van der Waals surface area contributed by atoms with Crippen molar-refractivity contribution in [1.29, 1.82) is 0 Å². The number of hydrogen-bond donors (Lipinski definition) is 1. The van der Waals surface area contributed by atoms with Gasteiger partial charge in [-0.2, -0.15) is 0 Å². The predicted octanol–water partition coefficient (Wildman–Crippen LogP) is 3.78. The molecule has 5 unspecified atom stereocenters. The summed E-state index contributed by atoms with van der Waals surface area (Å²) in [5, 5.41) is 10.8. The molecule has 0 aliphatic heterocycles. The van der Waals surface area contributed by atoms with Crippen LogP contribution < -0.4 is 0 Å². The van der Waals surface area contributed by atoms with Gasteiger partial charge in [-0.3, -0.25) is 0 Å². The highest BCUT2D eigenvalue weighted by Gasteiger charge is 2.51. The van der Waals surface area contributed by atoms with Gasteiger partial charge in [0, 0.05) is 0 Å². The fourth-order valence-corrected chi connectivity index (χ4v) is 4.12. The number of allylic oxidation sites excluding steroid dienone is 1. The van der Waals surface area contributed by atoms with Crippen LogP contribution in [0.1, 0.15) is 53.4 Å². The average molecular weight is 222 g/mol. The topological polar surface area (TPSA) is 20.2 Å². The van der Waals surface area contributed by atoms with Crippen molar-refractivity contribution in [2.24, 2.45) is 23.7 Å². The molecule has 16 heavy (non-hydrogen) atoms. The third-order valence-corrected chi connectivity index (χ3v) is 5.01. The van der Waals surface area contributed by atoms with Crippen molar-refractivity contribution < 1.29 is 5.11 Å². The molecule has 0 bridgehead atoms. The lowest BCUT2D eigenvalue weighted by molar-refractivity contribution is 0.0459. The zero-order chi connectivity index (χ0) is 11.9. The maximum atomic E-state index is 10.8. The average Bonchev–Trinajstić information content (AvgIpc) is 2.41. The number of fused-ring (bicyclic) bond motifs is 1. The smallest absolute Gasteiger partial charge is 0.0861 e. The van der Waals surface area contributed by atoms with Crippen molar-refractivity contribution >= 4 is 0 Å². The van der Waals surface area contributed by atoms with Gasteiger partial charge in [0.2, 0.25) is 0 Å². The Morgan fingerprint density at radius 3 is 2.44 bits per heavy atom. The zero-order valence-electron chi connectivity index (χ0n) is 11.2. The van der Waals surface area contributed by atoms with Gasteiger partial charge in [0.15, 0.2) is 0 Å². The fraction of sp³-hybridized carbons (Fsp3) is 0.867. The molecule has 0 saturated heterocycles. The Labute approximate surface area is 99.9 Å². The lowest BCUT2D eigenvalue weighted by atomic mass is 9.72. The van der Waals surface area contributed by atoms with Crippen molar-refractivity contribution in [2.75, 3.05) is 0 Å². The van der Waals surface area contributed by atoms with Crippen LogP contribution in [0.5, 0.6) is 0 Å². The second kappa shape index (κ2) is 4.18. The molecule has 0 spiro atoms. The van der Waals surface area contributed by atoms with Gasteiger partial charge in [-0.25, -0.2) is 0 Å². The molecular weight excluding hydrogens is 196 g/mol. The fourth-order valence-electron chi connectivity index (χ4n) is 4.12. The highest BCUT2D eigenvalue weighted by Crippen LogP contribution is 2.53. The van der Waals surface area contributed by atoms with E-state index in [1.807, 2.05) is 0 Å². The Balaban J connectivity index is 2.23. The number of rotatable bonds is 1. The Kier molecular flexibility index (Phi) is 3.18. The molecule has 92 valence electrons. The largest absolute Gasteiger partial charge is 0.385 e. The van der Waals surface area contributed by atoms with Gasteiger partial charge in [0.1, 0.15) is 0 Å². The van der Waals surface area contributed by atoms with Gasteiger partial charge in [0.25, 0.3) is 0 Å². The van der Waals surface area contributed by atoms with Crippen LogP contribution in [0.15, 0.2) is 11.6 Å². The first-order chi connectivity index (χ1) is 7.44. The molecular formula is C15H26O. The van der Waals surface area contributed by atoms with E-state index in [4.69, 9.17) is 0 Å². The summed E-state index contributed by atoms with van der Waals surface area (Å²) in [6.07, 6.45) is 7.15. The molecule has 2 saturated carbocycles. The highest BCUT2D eigenvalue weighted by molar-refractivity contribution is 5.15. The SMILES string of the molecule is CC(C)=CC1(O)CC2C(C)CCCC2C1C. The maximum absolute atomic E-state index is 10.8. The summed E-state index contributed by atoms with van der Waals surface area (Å²) in [4.78, 5) is 0. The molecule has 2 fully saturated rings. The minimum absolute atomic E-state index is 0.440. The van der Waals surface area contributed by atoms with Crippen LogP contribution in [-0.4, -0.2) is 10.7 Å². The van der Waals surface area contributed by atoms with Crippen molar-refractivity contribution in [3.8, 4) is 0 Å². The van der Waals surface area contributed by atoms with E-state index in [9.17, 15) is 5.11 Å². The van der Waals surface area contributed by atoms with Crippen LogP contribution in [-0.2, 0) is 0 Å². The monoisotopic (exact) mass is 222 g/mol. The number of aliphatic hydroxyl groups is 1. The molecule has 0 radical (unpaired) electrons. The molecule has 0 aromatic heterocycles. The summed E-state index contributed by atoms with van der Waals surface area (Å²) < 4.78 is 0. The van der Waals surface area contributed by atoms with E-state index in [-0.39, 0.29) is 0 Å². The van der Waals surface area contributed by atoms with E-state index in [1.54, 1.807) is 0 Å². The van der Waals surface area contributed by atoms with Crippen LogP contribution in [0, 0.1) is 23.7 Å². The van der Waals surface area contributed by atoms with E-state index >= 15 is 0 Å². The van der Waals surface area contributed by atoms with Gasteiger partial charge in [-0.15, -0.1) is 0 Å². The molecule has 2 rings (SSSR count). The third kappa shape index (κ3) is 1.95.